The monoisotopic (exact) mass is 307 g/mol. The van der Waals surface area contributed by atoms with Gasteiger partial charge in [0.05, 0.1) is 12.0 Å². The predicted molar refractivity (Wildman–Crippen MR) is 83.7 cm³/mol. The van der Waals surface area contributed by atoms with Crippen molar-refractivity contribution in [3.63, 3.8) is 0 Å². The topological polar surface area (TPSA) is 67.2 Å². The number of hydrogen-bond acceptors (Lipinski definition) is 6. The first-order chi connectivity index (χ1) is 9.72. The van der Waals surface area contributed by atoms with Crippen LogP contribution in [0.1, 0.15) is 0 Å². The van der Waals surface area contributed by atoms with Crippen LogP contribution in [-0.4, -0.2) is 27.8 Å². The van der Waals surface area contributed by atoms with Crippen LogP contribution in [0.5, 0.6) is 0 Å². The number of aliphatic hydroxyl groups is 1. The highest BCUT2D eigenvalue weighted by Gasteiger charge is 2.15. The Morgan fingerprint density at radius 1 is 1.45 bits per heavy atom. The Bertz CT molecular complexity index is 790. The lowest BCUT2D eigenvalue weighted by Crippen LogP contribution is -2.23. The van der Waals surface area contributed by atoms with E-state index in [0.29, 0.717) is 17.9 Å². The highest BCUT2D eigenvalue weighted by Crippen LogP contribution is 2.33. The Kier molecular flexibility index (Phi) is 3.56. The lowest BCUT2D eigenvalue weighted by Gasteiger charge is -2.09. The number of hydrogen-bond donors (Lipinski definition) is 2. The minimum absolute atomic E-state index is 0.00120. The smallest absolute Gasteiger partial charge is 0.264 e. The van der Waals surface area contributed by atoms with Crippen molar-refractivity contribution in [3.05, 3.63) is 33.2 Å². The van der Waals surface area contributed by atoms with Gasteiger partial charge in [0.1, 0.15) is 4.83 Å². The molecule has 0 aromatic carbocycles. The Morgan fingerprint density at radius 2 is 2.30 bits per heavy atom. The number of rotatable bonds is 4. The quantitative estimate of drug-likeness (QED) is 0.775. The number of nitrogens with zero attached hydrogens (tertiary/aromatic N) is 2. The first-order valence-corrected chi connectivity index (χ1v) is 7.85. The molecule has 0 bridgehead atoms. The number of anilines is 1. The lowest BCUT2D eigenvalue weighted by atomic mass is 10.2. The van der Waals surface area contributed by atoms with E-state index in [2.05, 4.69) is 10.3 Å². The molecule has 0 fully saturated rings. The maximum Gasteiger partial charge on any atom is 0.264 e. The maximum atomic E-state index is 12.5. The number of nitrogens with one attached hydrogen (secondary N) is 1. The van der Waals surface area contributed by atoms with Gasteiger partial charge < -0.3 is 10.4 Å². The van der Waals surface area contributed by atoms with E-state index < -0.39 is 0 Å². The predicted octanol–water partition coefficient (Wildman–Crippen LogP) is 2.13. The molecular weight excluding hydrogens is 294 g/mol. The number of thiophene rings is 2. The van der Waals surface area contributed by atoms with E-state index in [1.807, 2.05) is 22.9 Å². The molecular formula is C13H13N3O2S2. The van der Waals surface area contributed by atoms with Gasteiger partial charge in [0.15, 0.2) is 0 Å². The molecule has 0 aliphatic heterocycles. The van der Waals surface area contributed by atoms with Crippen molar-refractivity contribution in [2.24, 2.45) is 7.05 Å². The summed E-state index contributed by atoms with van der Waals surface area (Å²) < 4.78 is 1.49. The largest absolute Gasteiger partial charge is 0.395 e. The zero-order valence-corrected chi connectivity index (χ0v) is 12.4. The van der Waals surface area contributed by atoms with E-state index in [-0.39, 0.29) is 12.2 Å². The molecule has 0 unspecified atom stereocenters. The summed E-state index contributed by atoms with van der Waals surface area (Å²) in [5.74, 6) is 0.483. The third-order valence-corrected chi connectivity index (χ3v) is 4.77. The van der Waals surface area contributed by atoms with Crippen molar-refractivity contribution in [2.75, 3.05) is 18.5 Å². The zero-order valence-electron chi connectivity index (χ0n) is 10.8. The average Bonchev–Trinajstić information content (AvgIpc) is 3.09. The highest BCUT2D eigenvalue weighted by molar-refractivity contribution is 7.18. The van der Waals surface area contributed by atoms with Gasteiger partial charge in [0.25, 0.3) is 5.56 Å². The van der Waals surface area contributed by atoms with Gasteiger partial charge in [-0.05, 0) is 11.4 Å². The van der Waals surface area contributed by atoms with Crippen molar-refractivity contribution in [3.8, 4) is 10.4 Å². The minimum atomic E-state index is -0.0694. The second-order valence-corrected chi connectivity index (χ2v) is 6.06. The second-order valence-electron chi connectivity index (χ2n) is 4.26. The average molecular weight is 307 g/mol. The van der Waals surface area contributed by atoms with Crippen LogP contribution < -0.4 is 10.9 Å². The van der Waals surface area contributed by atoms with Crippen molar-refractivity contribution in [1.29, 1.82) is 0 Å². The second kappa shape index (κ2) is 5.35. The fourth-order valence-corrected chi connectivity index (χ4v) is 3.76. The Hall–Kier alpha value is -1.70. The third-order valence-electron chi connectivity index (χ3n) is 3.00. The van der Waals surface area contributed by atoms with E-state index in [1.54, 1.807) is 18.4 Å². The van der Waals surface area contributed by atoms with Crippen LogP contribution in [0.4, 0.5) is 5.95 Å². The van der Waals surface area contributed by atoms with Gasteiger partial charge in [-0.25, -0.2) is 4.98 Å². The van der Waals surface area contributed by atoms with E-state index in [0.717, 1.165) is 15.3 Å². The molecule has 0 atom stereocenters. The Morgan fingerprint density at radius 3 is 3.00 bits per heavy atom. The number of aromatic nitrogens is 2. The summed E-state index contributed by atoms with van der Waals surface area (Å²) in [5, 5.41) is 16.4. The molecule has 104 valence electrons. The van der Waals surface area contributed by atoms with E-state index in [1.165, 1.54) is 15.9 Å². The van der Waals surface area contributed by atoms with Gasteiger partial charge in [0.2, 0.25) is 5.95 Å². The molecule has 2 N–H and O–H groups in total. The van der Waals surface area contributed by atoms with Gasteiger partial charge >= 0.3 is 0 Å². The standard InChI is InChI=1S/C13H13N3O2S2/c1-16-12(18)10-8(9-3-2-6-19-9)7-20-11(10)15-13(16)14-4-5-17/h2-3,6-7,17H,4-5H2,1H3,(H,14,15). The molecule has 3 aromatic heterocycles. The Labute approximate surface area is 123 Å². The highest BCUT2D eigenvalue weighted by atomic mass is 32.1. The van der Waals surface area contributed by atoms with Crippen molar-refractivity contribution < 1.29 is 5.11 Å². The summed E-state index contributed by atoms with van der Waals surface area (Å²) in [4.78, 5) is 18.8. The summed E-state index contributed by atoms with van der Waals surface area (Å²) in [6.45, 7) is 0.369. The minimum Gasteiger partial charge on any atom is -0.395 e. The molecule has 0 aliphatic rings. The fourth-order valence-electron chi connectivity index (χ4n) is 2.01. The summed E-state index contributed by atoms with van der Waals surface area (Å²) in [6.07, 6.45) is 0. The van der Waals surface area contributed by atoms with Crippen LogP contribution in [0.25, 0.3) is 20.7 Å². The summed E-state index contributed by atoms with van der Waals surface area (Å²) in [6, 6.07) is 3.97. The van der Waals surface area contributed by atoms with Crippen molar-refractivity contribution in [1.82, 2.24) is 9.55 Å². The first kappa shape index (κ1) is 13.3. The molecule has 3 rings (SSSR count). The van der Waals surface area contributed by atoms with E-state index in [4.69, 9.17) is 5.11 Å². The molecule has 0 amide bonds. The third kappa shape index (κ3) is 2.13. The molecule has 3 heterocycles. The molecule has 3 aromatic rings. The molecule has 0 saturated carbocycles. The lowest BCUT2D eigenvalue weighted by molar-refractivity contribution is 0.310. The van der Waals surface area contributed by atoms with Gasteiger partial charge in [0, 0.05) is 29.4 Å². The molecule has 0 saturated heterocycles. The Balaban J connectivity index is 2.20. The zero-order chi connectivity index (χ0) is 14.1. The summed E-state index contributed by atoms with van der Waals surface area (Å²) in [7, 11) is 1.68. The number of aliphatic hydroxyl groups excluding tert-OH is 1. The van der Waals surface area contributed by atoms with Crippen molar-refractivity contribution in [2.45, 2.75) is 0 Å². The molecule has 0 aliphatic carbocycles. The first-order valence-electron chi connectivity index (χ1n) is 6.09. The van der Waals surface area contributed by atoms with Crippen LogP contribution in [-0.2, 0) is 7.05 Å². The van der Waals surface area contributed by atoms with Crippen LogP contribution in [0.2, 0.25) is 0 Å². The van der Waals surface area contributed by atoms with Gasteiger partial charge in [-0.1, -0.05) is 6.07 Å². The van der Waals surface area contributed by atoms with Crippen LogP contribution in [0.15, 0.2) is 27.7 Å². The number of fused-ring (bicyclic) bond motifs is 1. The van der Waals surface area contributed by atoms with Crippen LogP contribution in [0.3, 0.4) is 0 Å². The van der Waals surface area contributed by atoms with Crippen LogP contribution in [0, 0.1) is 0 Å². The summed E-state index contributed by atoms with van der Waals surface area (Å²) in [5.41, 5.74) is 0.877. The molecule has 0 radical (unpaired) electrons. The molecule has 7 heteroatoms. The van der Waals surface area contributed by atoms with E-state index >= 15 is 0 Å². The van der Waals surface area contributed by atoms with Crippen LogP contribution >= 0.6 is 22.7 Å². The van der Waals surface area contributed by atoms with Gasteiger partial charge in [-0.15, -0.1) is 22.7 Å². The summed E-state index contributed by atoms with van der Waals surface area (Å²) >= 11 is 3.07. The van der Waals surface area contributed by atoms with Gasteiger partial charge in [-0.3, -0.25) is 9.36 Å². The van der Waals surface area contributed by atoms with Crippen molar-refractivity contribution >= 4 is 38.8 Å². The molecule has 20 heavy (non-hydrogen) atoms. The fraction of sp³-hybridized carbons (Fsp3) is 0.231. The van der Waals surface area contributed by atoms with E-state index in [9.17, 15) is 4.79 Å². The normalized spacial score (nSPS) is 11.1. The SMILES string of the molecule is Cn1c(NCCO)nc2scc(-c3cccs3)c2c1=O. The van der Waals surface area contributed by atoms with Gasteiger partial charge in [-0.2, -0.15) is 0 Å². The molecule has 5 nitrogen and oxygen atoms in total. The maximum absolute atomic E-state index is 12.5. The molecule has 0 spiro atoms.